The molecule has 0 radical (unpaired) electrons. The van der Waals surface area contributed by atoms with Gasteiger partial charge in [-0.2, -0.15) is 0 Å². The molecule has 0 atom stereocenters. The van der Waals surface area contributed by atoms with Gasteiger partial charge < -0.3 is 0 Å². The van der Waals surface area contributed by atoms with Crippen LogP contribution in [0.5, 0.6) is 0 Å². The highest BCUT2D eigenvalue weighted by Gasteiger charge is 2.10. The van der Waals surface area contributed by atoms with Gasteiger partial charge in [-0.15, -0.1) is 11.3 Å². The Morgan fingerprint density at radius 1 is 1.47 bits per heavy atom. The molecule has 0 bridgehead atoms. The first-order chi connectivity index (χ1) is 7.18. The normalized spacial score (nSPS) is 10.3. The van der Waals surface area contributed by atoms with Crippen LogP contribution in [-0.4, -0.2) is 15.8 Å². The van der Waals surface area contributed by atoms with Gasteiger partial charge in [0, 0.05) is 18.5 Å². The molecule has 15 heavy (non-hydrogen) atoms. The van der Waals surface area contributed by atoms with E-state index in [-0.39, 0.29) is 5.78 Å². The van der Waals surface area contributed by atoms with Crippen LogP contribution in [0.25, 0.3) is 10.7 Å². The van der Waals surface area contributed by atoms with E-state index in [0.29, 0.717) is 5.69 Å². The van der Waals surface area contributed by atoms with Gasteiger partial charge in [-0.1, -0.05) is 6.07 Å². The summed E-state index contributed by atoms with van der Waals surface area (Å²) in [6.45, 7) is 3.50. The van der Waals surface area contributed by atoms with Crippen molar-refractivity contribution in [3.05, 3.63) is 35.0 Å². The van der Waals surface area contributed by atoms with E-state index in [2.05, 4.69) is 9.97 Å². The number of carbonyl (C=O) groups is 1. The lowest BCUT2D eigenvalue weighted by Gasteiger charge is -1.98. The third kappa shape index (κ3) is 1.94. The smallest absolute Gasteiger partial charge is 0.178 e. The second kappa shape index (κ2) is 3.90. The molecule has 2 aromatic rings. The van der Waals surface area contributed by atoms with Crippen LogP contribution >= 0.6 is 11.3 Å². The fourth-order valence-electron chi connectivity index (χ4n) is 1.25. The molecule has 0 saturated carbocycles. The lowest BCUT2D eigenvalue weighted by atomic mass is 10.2. The number of nitrogens with zero attached hydrogens (tertiary/aromatic N) is 2. The molecule has 2 aromatic heterocycles. The molecule has 0 aliphatic rings. The minimum atomic E-state index is -0.00826. The van der Waals surface area contributed by atoms with Crippen molar-refractivity contribution in [2.24, 2.45) is 0 Å². The SMILES string of the molecule is CC(=O)c1csc(-c2ncccc2C)n1. The van der Waals surface area contributed by atoms with Crippen molar-refractivity contribution in [3.63, 3.8) is 0 Å². The van der Waals surface area contributed by atoms with E-state index in [1.54, 1.807) is 11.6 Å². The van der Waals surface area contributed by atoms with E-state index < -0.39 is 0 Å². The van der Waals surface area contributed by atoms with Crippen LogP contribution in [0.3, 0.4) is 0 Å². The third-order valence-corrected chi connectivity index (χ3v) is 2.93. The average Bonchev–Trinajstić information content (AvgIpc) is 2.67. The molecule has 0 aliphatic carbocycles. The molecule has 2 rings (SSSR count). The predicted molar refractivity (Wildman–Crippen MR) is 60.1 cm³/mol. The van der Waals surface area contributed by atoms with E-state index in [0.717, 1.165) is 16.3 Å². The molecule has 0 unspecified atom stereocenters. The first-order valence-corrected chi connectivity index (χ1v) is 5.45. The summed E-state index contributed by atoms with van der Waals surface area (Å²) in [7, 11) is 0. The minimum Gasteiger partial charge on any atom is -0.293 e. The van der Waals surface area contributed by atoms with Crippen LogP contribution in [0.15, 0.2) is 23.7 Å². The quantitative estimate of drug-likeness (QED) is 0.728. The Kier molecular flexibility index (Phi) is 2.60. The molecule has 2 heterocycles. The van der Waals surface area contributed by atoms with Crippen molar-refractivity contribution in [3.8, 4) is 10.7 Å². The van der Waals surface area contributed by atoms with Gasteiger partial charge in [-0.3, -0.25) is 9.78 Å². The lowest BCUT2D eigenvalue weighted by Crippen LogP contribution is -1.92. The van der Waals surface area contributed by atoms with E-state index in [4.69, 9.17) is 0 Å². The van der Waals surface area contributed by atoms with E-state index in [9.17, 15) is 4.79 Å². The van der Waals surface area contributed by atoms with Crippen molar-refractivity contribution in [1.29, 1.82) is 0 Å². The van der Waals surface area contributed by atoms with Gasteiger partial charge in [-0.05, 0) is 18.6 Å². The predicted octanol–water partition coefficient (Wildman–Crippen LogP) is 2.72. The van der Waals surface area contributed by atoms with Crippen LogP contribution in [0.1, 0.15) is 23.0 Å². The van der Waals surface area contributed by atoms with E-state index in [1.165, 1.54) is 18.3 Å². The van der Waals surface area contributed by atoms with E-state index in [1.807, 2.05) is 19.1 Å². The zero-order valence-electron chi connectivity index (χ0n) is 8.52. The molecule has 0 saturated heterocycles. The Labute approximate surface area is 91.8 Å². The lowest BCUT2D eigenvalue weighted by molar-refractivity contribution is 0.101. The molecule has 0 aliphatic heterocycles. The first-order valence-electron chi connectivity index (χ1n) is 4.57. The zero-order valence-corrected chi connectivity index (χ0v) is 9.34. The second-order valence-electron chi connectivity index (χ2n) is 3.26. The maximum atomic E-state index is 11.1. The number of aromatic nitrogens is 2. The van der Waals surface area contributed by atoms with Crippen LogP contribution in [0, 0.1) is 6.92 Å². The number of Topliss-reactive ketones (excluding diaryl/α,β-unsaturated/α-hetero) is 1. The molecule has 3 nitrogen and oxygen atoms in total. The molecule has 0 spiro atoms. The highest BCUT2D eigenvalue weighted by atomic mass is 32.1. The maximum absolute atomic E-state index is 11.1. The Bertz CT molecular complexity index is 505. The molecule has 0 aromatic carbocycles. The van der Waals surface area contributed by atoms with Gasteiger partial charge in [0.05, 0.1) is 0 Å². The molecular weight excluding hydrogens is 208 g/mol. The van der Waals surface area contributed by atoms with Crippen LogP contribution < -0.4 is 0 Å². The third-order valence-electron chi connectivity index (χ3n) is 2.08. The first kappa shape index (κ1) is 9.98. The fraction of sp³-hybridized carbons (Fsp3) is 0.182. The molecular formula is C11H10N2OS. The van der Waals surface area contributed by atoms with Crippen molar-refractivity contribution < 1.29 is 4.79 Å². The summed E-state index contributed by atoms with van der Waals surface area (Å²) in [5.74, 6) is -0.00826. The van der Waals surface area contributed by atoms with Crippen molar-refractivity contribution in [2.45, 2.75) is 13.8 Å². The number of ketones is 1. The highest BCUT2D eigenvalue weighted by Crippen LogP contribution is 2.24. The Balaban J connectivity index is 2.46. The molecule has 76 valence electrons. The summed E-state index contributed by atoms with van der Waals surface area (Å²) in [5, 5.41) is 2.57. The standard InChI is InChI=1S/C11H10N2OS/c1-7-4-3-5-12-10(7)11-13-9(6-15-11)8(2)14/h3-6H,1-2H3. The minimum absolute atomic E-state index is 0.00826. The Hall–Kier alpha value is -1.55. The van der Waals surface area contributed by atoms with E-state index >= 15 is 0 Å². The van der Waals surface area contributed by atoms with Gasteiger partial charge in [0.15, 0.2) is 5.78 Å². The van der Waals surface area contributed by atoms with Gasteiger partial charge in [0.25, 0.3) is 0 Å². The summed E-state index contributed by atoms with van der Waals surface area (Å²) in [6, 6.07) is 3.87. The summed E-state index contributed by atoms with van der Waals surface area (Å²) >= 11 is 1.45. The number of thiazole rings is 1. The highest BCUT2D eigenvalue weighted by molar-refractivity contribution is 7.13. The molecule has 0 amide bonds. The number of carbonyl (C=O) groups excluding carboxylic acids is 1. The topological polar surface area (TPSA) is 42.9 Å². The van der Waals surface area contributed by atoms with Crippen molar-refractivity contribution >= 4 is 17.1 Å². The van der Waals surface area contributed by atoms with Crippen molar-refractivity contribution in [2.75, 3.05) is 0 Å². The van der Waals surface area contributed by atoms with Gasteiger partial charge >= 0.3 is 0 Å². The Morgan fingerprint density at radius 3 is 2.87 bits per heavy atom. The molecule has 4 heteroatoms. The maximum Gasteiger partial charge on any atom is 0.178 e. The van der Waals surface area contributed by atoms with Crippen LogP contribution in [0.4, 0.5) is 0 Å². The zero-order chi connectivity index (χ0) is 10.8. The van der Waals surface area contributed by atoms with Gasteiger partial charge in [0.1, 0.15) is 16.4 Å². The van der Waals surface area contributed by atoms with Crippen molar-refractivity contribution in [1.82, 2.24) is 9.97 Å². The fourth-order valence-corrected chi connectivity index (χ4v) is 2.17. The second-order valence-corrected chi connectivity index (χ2v) is 4.12. The van der Waals surface area contributed by atoms with Crippen LogP contribution in [0.2, 0.25) is 0 Å². The summed E-state index contributed by atoms with van der Waals surface area (Å²) < 4.78 is 0. The number of aryl methyl sites for hydroxylation is 1. The largest absolute Gasteiger partial charge is 0.293 e. The van der Waals surface area contributed by atoms with Gasteiger partial charge in [-0.25, -0.2) is 4.98 Å². The Morgan fingerprint density at radius 2 is 2.27 bits per heavy atom. The number of pyridine rings is 1. The monoisotopic (exact) mass is 218 g/mol. The summed E-state index contributed by atoms with van der Waals surface area (Å²) in [6.07, 6.45) is 1.73. The summed E-state index contributed by atoms with van der Waals surface area (Å²) in [5.41, 5.74) is 2.44. The van der Waals surface area contributed by atoms with Crippen LogP contribution in [-0.2, 0) is 0 Å². The summed E-state index contributed by atoms with van der Waals surface area (Å²) in [4.78, 5) is 19.6. The number of hydrogen-bond acceptors (Lipinski definition) is 4. The molecule has 0 fully saturated rings. The molecule has 0 N–H and O–H groups in total. The number of hydrogen-bond donors (Lipinski definition) is 0. The average molecular weight is 218 g/mol. The van der Waals surface area contributed by atoms with Gasteiger partial charge in [0.2, 0.25) is 0 Å². The number of rotatable bonds is 2.